The lowest BCUT2D eigenvalue weighted by Crippen LogP contribution is -2.16. The number of nitrogens with one attached hydrogen (secondary N) is 2. The number of amides is 1. The molecule has 0 saturated carbocycles. The van der Waals surface area contributed by atoms with Gasteiger partial charge in [0, 0.05) is 17.9 Å². The van der Waals surface area contributed by atoms with Gasteiger partial charge in [-0.3, -0.25) is 4.79 Å². The highest BCUT2D eigenvalue weighted by Gasteiger charge is 2.11. The molecule has 3 rings (SSSR count). The van der Waals surface area contributed by atoms with Gasteiger partial charge in [-0.15, -0.1) is 0 Å². The summed E-state index contributed by atoms with van der Waals surface area (Å²) in [5, 5.41) is 6.11. The molecule has 0 bridgehead atoms. The van der Waals surface area contributed by atoms with E-state index in [1.807, 2.05) is 51.1 Å². The van der Waals surface area contributed by atoms with Crippen molar-refractivity contribution in [1.82, 2.24) is 9.97 Å². The zero-order chi connectivity index (χ0) is 19.4. The lowest BCUT2D eigenvalue weighted by Gasteiger charge is -2.10. The van der Waals surface area contributed by atoms with E-state index >= 15 is 0 Å². The first-order valence-corrected chi connectivity index (χ1v) is 8.94. The highest BCUT2D eigenvalue weighted by Crippen LogP contribution is 2.16. The van der Waals surface area contributed by atoms with Crippen LogP contribution in [0.15, 0.2) is 48.5 Å². The Kier molecular flexibility index (Phi) is 5.50. The van der Waals surface area contributed by atoms with Crippen molar-refractivity contribution in [2.45, 2.75) is 34.2 Å². The number of nitrogens with zero attached hydrogens (tertiary/aromatic N) is 2. The van der Waals surface area contributed by atoms with Crippen LogP contribution in [0.25, 0.3) is 0 Å². The fourth-order valence-electron chi connectivity index (χ4n) is 2.78. The van der Waals surface area contributed by atoms with Crippen LogP contribution in [-0.2, 0) is 6.54 Å². The minimum Gasteiger partial charge on any atom is -0.350 e. The SMILES string of the molecule is Cc1cccc(CNc2nc(C)cc(C(=O)Nc3ccc(C)c(C)c3)n2)c1. The molecule has 1 amide bonds. The summed E-state index contributed by atoms with van der Waals surface area (Å²) in [5.41, 5.74) is 6.50. The fourth-order valence-corrected chi connectivity index (χ4v) is 2.78. The molecular formula is C22H24N4O. The molecule has 0 radical (unpaired) electrons. The Morgan fingerprint density at radius 1 is 0.926 bits per heavy atom. The average molecular weight is 360 g/mol. The molecule has 0 atom stereocenters. The molecule has 1 aromatic heterocycles. The Hall–Kier alpha value is -3.21. The molecule has 27 heavy (non-hydrogen) atoms. The van der Waals surface area contributed by atoms with E-state index in [2.05, 4.69) is 39.7 Å². The molecule has 2 aromatic carbocycles. The number of hydrogen-bond donors (Lipinski definition) is 2. The molecule has 0 fully saturated rings. The van der Waals surface area contributed by atoms with Crippen LogP contribution >= 0.6 is 0 Å². The lowest BCUT2D eigenvalue weighted by molar-refractivity contribution is 0.102. The van der Waals surface area contributed by atoms with E-state index in [0.717, 1.165) is 22.5 Å². The van der Waals surface area contributed by atoms with E-state index in [1.165, 1.54) is 11.1 Å². The highest BCUT2D eigenvalue weighted by molar-refractivity contribution is 6.03. The Morgan fingerprint density at radius 3 is 2.48 bits per heavy atom. The maximum absolute atomic E-state index is 12.6. The zero-order valence-corrected chi connectivity index (χ0v) is 16.1. The van der Waals surface area contributed by atoms with Crippen molar-refractivity contribution in [3.8, 4) is 0 Å². The first kappa shape index (κ1) is 18.6. The number of rotatable bonds is 5. The van der Waals surface area contributed by atoms with Crippen LogP contribution in [0, 0.1) is 27.7 Å². The van der Waals surface area contributed by atoms with Crippen molar-refractivity contribution in [3.63, 3.8) is 0 Å². The number of aryl methyl sites for hydroxylation is 4. The normalized spacial score (nSPS) is 10.5. The first-order chi connectivity index (χ1) is 12.9. The number of aromatic nitrogens is 2. The van der Waals surface area contributed by atoms with Crippen LogP contribution in [0.2, 0.25) is 0 Å². The van der Waals surface area contributed by atoms with Crippen molar-refractivity contribution in [3.05, 3.63) is 82.2 Å². The minimum atomic E-state index is -0.248. The summed E-state index contributed by atoms with van der Waals surface area (Å²) in [6, 6.07) is 15.8. The van der Waals surface area contributed by atoms with E-state index in [9.17, 15) is 4.79 Å². The molecule has 0 unspecified atom stereocenters. The summed E-state index contributed by atoms with van der Waals surface area (Å²) in [5.74, 6) is 0.198. The van der Waals surface area contributed by atoms with Crippen LogP contribution in [0.4, 0.5) is 11.6 Å². The van der Waals surface area contributed by atoms with Gasteiger partial charge < -0.3 is 10.6 Å². The maximum Gasteiger partial charge on any atom is 0.274 e. The van der Waals surface area contributed by atoms with E-state index in [1.54, 1.807) is 6.07 Å². The Bertz CT molecular complexity index is 982. The van der Waals surface area contributed by atoms with Gasteiger partial charge in [-0.25, -0.2) is 9.97 Å². The quantitative estimate of drug-likeness (QED) is 0.699. The molecule has 138 valence electrons. The topological polar surface area (TPSA) is 66.9 Å². The molecule has 5 heteroatoms. The van der Waals surface area contributed by atoms with Gasteiger partial charge in [-0.05, 0) is 62.6 Å². The molecule has 0 aliphatic heterocycles. The number of hydrogen-bond acceptors (Lipinski definition) is 4. The molecule has 0 saturated heterocycles. The second-order valence-electron chi connectivity index (χ2n) is 6.81. The van der Waals surface area contributed by atoms with E-state index in [0.29, 0.717) is 18.2 Å². The lowest BCUT2D eigenvalue weighted by atomic mass is 10.1. The number of anilines is 2. The van der Waals surface area contributed by atoms with Gasteiger partial charge in [-0.2, -0.15) is 0 Å². The smallest absolute Gasteiger partial charge is 0.274 e. The predicted molar refractivity (Wildman–Crippen MR) is 109 cm³/mol. The van der Waals surface area contributed by atoms with Crippen molar-refractivity contribution < 1.29 is 4.79 Å². The van der Waals surface area contributed by atoms with Gasteiger partial charge in [0.15, 0.2) is 0 Å². The third-order valence-corrected chi connectivity index (χ3v) is 4.38. The van der Waals surface area contributed by atoms with Crippen LogP contribution in [0.5, 0.6) is 0 Å². The van der Waals surface area contributed by atoms with Crippen LogP contribution in [0.1, 0.15) is 38.4 Å². The summed E-state index contributed by atoms with van der Waals surface area (Å²) in [6.45, 7) is 8.58. The second kappa shape index (κ2) is 7.99. The summed E-state index contributed by atoms with van der Waals surface area (Å²) < 4.78 is 0. The standard InChI is InChI=1S/C22H24N4O/c1-14-6-5-7-18(10-14)13-23-22-24-17(4)12-20(26-22)21(27)25-19-9-8-15(2)16(3)11-19/h5-12H,13H2,1-4H3,(H,25,27)(H,23,24,26). The molecule has 0 aliphatic carbocycles. The first-order valence-electron chi connectivity index (χ1n) is 8.94. The molecule has 1 heterocycles. The van der Waals surface area contributed by atoms with Gasteiger partial charge in [0.25, 0.3) is 5.91 Å². The third-order valence-electron chi connectivity index (χ3n) is 4.38. The van der Waals surface area contributed by atoms with Gasteiger partial charge in [-0.1, -0.05) is 35.9 Å². The van der Waals surface area contributed by atoms with E-state index < -0.39 is 0 Å². The zero-order valence-electron chi connectivity index (χ0n) is 16.1. The maximum atomic E-state index is 12.6. The summed E-state index contributed by atoms with van der Waals surface area (Å²) in [7, 11) is 0. The van der Waals surface area contributed by atoms with Crippen LogP contribution in [0.3, 0.4) is 0 Å². The fraction of sp³-hybridized carbons (Fsp3) is 0.227. The molecule has 0 spiro atoms. The van der Waals surface area contributed by atoms with Gasteiger partial charge in [0.1, 0.15) is 5.69 Å². The van der Waals surface area contributed by atoms with Gasteiger partial charge in [0.05, 0.1) is 0 Å². The van der Waals surface area contributed by atoms with Crippen molar-refractivity contribution in [1.29, 1.82) is 0 Å². The van der Waals surface area contributed by atoms with E-state index in [4.69, 9.17) is 0 Å². The van der Waals surface area contributed by atoms with Crippen LogP contribution in [-0.4, -0.2) is 15.9 Å². The average Bonchev–Trinajstić information content (AvgIpc) is 2.63. The Balaban J connectivity index is 1.73. The second-order valence-corrected chi connectivity index (χ2v) is 6.81. The summed E-state index contributed by atoms with van der Waals surface area (Å²) in [4.78, 5) is 21.4. The molecular weight excluding hydrogens is 336 g/mol. The molecule has 5 nitrogen and oxygen atoms in total. The van der Waals surface area contributed by atoms with E-state index in [-0.39, 0.29) is 5.91 Å². The largest absolute Gasteiger partial charge is 0.350 e. The van der Waals surface area contributed by atoms with Crippen molar-refractivity contribution in [2.24, 2.45) is 0 Å². The monoisotopic (exact) mass is 360 g/mol. The van der Waals surface area contributed by atoms with Crippen molar-refractivity contribution >= 4 is 17.5 Å². The highest BCUT2D eigenvalue weighted by atomic mass is 16.1. The van der Waals surface area contributed by atoms with Gasteiger partial charge >= 0.3 is 0 Å². The summed E-state index contributed by atoms with van der Waals surface area (Å²) in [6.07, 6.45) is 0. The Labute approximate surface area is 159 Å². The summed E-state index contributed by atoms with van der Waals surface area (Å²) >= 11 is 0. The Morgan fingerprint density at radius 2 is 1.74 bits per heavy atom. The van der Waals surface area contributed by atoms with Crippen LogP contribution < -0.4 is 10.6 Å². The number of carbonyl (C=O) groups is 1. The third kappa shape index (κ3) is 4.91. The molecule has 2 N–H and O–H groups in total. The van der Waals surface area contributed by atoms with Crippen molar-refractivity contribution in [2.75, 3.05) is 10.6 Å². The molecule has 3 aromatic rings. The number of benzene rings is 2. The molecule has 0 aliphatic rings. The predicted octanol–water partition coefficient (Wildman–Crippen LogP) is 4.57. The van der Waals surface area contributed by atoms with Gasteiger partial charge in [0.2, 0.25) is 5.95 Å². The minimum absolute atomic E-state index is 0.248. The number of carbonyl (C=O) groups excluding carboxylic acids is 1.